The van der Waals surface area contributed by atoms with Crippen LogP contribution in [0.3, 0.4) is 0 Å². The number of sulfonamides is 1. The summed E-state index contributed by atoms with van der Waals surface area (Å²) in [5.74, 6) is -1.28. The Bertz CT molecular complexity index is 1010. The largest absolute Gasteiger partial charge is 0.366 e. The number of rotatable bonds is 7. The summed E-state index contributed by atoms with van der Waals surface area (Å²) in [6.45, 7) is 3.43. The SMILES string of the molecule is CC[C@H](C(=O)Nc1ccccc1C(N)=O)N(c1cc(Cl)ccc1C)S(C)(=O)=O. The summed E-state index contributed by atoms with van der Waals surface area (Å²) in [4.78, 5) is 24.6. The van der Waals surface area contributed by atoms with E-state index in [9.17, 15) is 18.0 Å². The summed E-state index contributed by atoms with van der Waals surface area (Å²) in [5, 5.41) is 2.97. The van der Waals surface area contributed by atoms with Crippen LogP contribution in [0, 0.1) is 6.92 Å². The minimum absolute atomic E-state index is 0.135. The molecule has 2 rings (SSSR count). The van der Waals surface area contributed by atoms with Gasteiger partial charge in [0.05, 0.1) is 23.2 Å². The van der Waals surface area contributed by atoms with Crippen molar-refractivity contribution in [2.24, 2.45) is 5.73 Å². The highest BCUT2D eigenvalue weighted by Crippen LogP contribution is 2.29. The second-order valence-corrected chi connectivity index (χ2v) is 8.61. The van der Waals surface area contributed by atoms with Crippen LogP contribution in [0.5, 0.6) is 0 Å². The van der Waals surface area contributed by atoms with Gasteiger partial charge in [-0.15, -0.1) is 0 Å². The number of nitrogens with zero attached hydrogens (tertiary/aromatic N) is 1. The van der Waals surface area contributed by atoms with Gasteiger partial charge < -0.3 is 11.1 Å². The lowest BCUT2D eigenvalue weighted by atomic mass is 10.1. The van der Waals surface area contributed by atoms with E-state index >= 15 is 0 Å². The summed E-state index contributed by atoms with van der Waals surface area (Å²) in [6.07, 6.45) is 1.23. The van der Waals surface area contributed by atoms with Crippen LogP contribution >= 0.6 is 11.6 Å². The third-order valence-electron chi connectivity index (χ3n) is 4.19. The first kappa shape index (κ1) is 21.7. The zero-order chi connectivity index (χ0) is 21.1. The van der Waals surface area contributed by atoms with Gasteiger partial charge in [0.2, 0.25) is 15.9 Å². The van der Waals surface area contributed by atoms with Crippen LogP contribution in [0.4, 0.5) is 11.4 Å². The molecular formula is C19H22ClN3O4S. The van der Waals surface area contributed by atoms with E-state index in [1.807, 2.05) is 0 Å². The highest BCUT2D eigenvalue weighted by molar-refractivity contribution is 7.92. The number of benzene rings is 2. The standard InChI is InChI=1S/C19H22ClN3O4S/c1-4-16(19(25)22-15-8-6-5-7-14(15)18(21)24)23(28(3,26)27)17-11-13(20)10-9-12(17)2/h5-11,16H,4H2,1-3H3,(H2,21,24)(H,22,25)/t16-/m1/s1. The number of halogens is 1. The van der Waals surface area contributed by atoms with Gasteiger partial charge in [-0.2, -0.15) is 0 Å². The lowest BCUT2D eigenvalue weighted by Crippen LogP contribution is -2.47. The van der Waals surface area contributed by atoms with Crippen molar-refractivity contribution in [2.75, 3.05) is 15.9 Å². The molecular weight excluding hydrogens is 402 g/mol. The lowest BCUT2D eigenvalue weighted by molar-refractivity contribution is -0.117. The molecule has 150 valence electrons. The molecule has 0 unspecified atom stereocenters. The van der Waals surface area contributed by atoms with Crippen LogP contribution in [-0.2, 0) is 14.8 Å². The average molecular weight is 424 g/mol. The number of nitrogens with two attached hydrogens (primary N) is 1. The molecule has 0 bridgehead atoms. The van der Waals surface area contributed by atoms with Crippen LogP contribution in [0.25, 0.3) is 0 Å². The number of amides is 2. The third kappa shape index (κ3) is 4.82. The van der Waals surface area contributed by atoms with Crippen LogP contribution in [0.1, 0.15) is 29.3 Å². The molecule has 2 amide bonds. The van der Waals surface area contributed by atoms with Gasteiger partial charge in [-0.25, -0.2) is 8.42 Å². The van der Waals surface area contributed by atoms with Gasteiger partial charge in [0.15, 0.2) is 0 Å². The third-order valence-corrected chi connectivity index (χ3v) is 5.59. The lowest BCUT2D eigenvalue weighted by Gasteiger charge is -2.31. The van der Waals surface area contributed by atoms with E-state index in [4.69, 9.17) is 17.3 Å². The Morgan fingerprint density at radius 3 is 2.43 bits per heavy atom. The highest BCUT2D eigenvalue weighted by atomic mass is 35.5. The summed E-state index contributed by atoms with van der Waals surface area (Å²) < 4.78 is 26.2. The van der Waals surface area contributed by atoms with E-state index in [1.165, 1.54) is 18.2 Å². The van der Waals surface area contributed by atoms with Crippen LogP contribution in [-0.4, -0.2) is 32.5 Å². The molecule has 0 fully saturated rings. The number of anilines is 2. The first-order valence-corrected chi connectivity index (χ1v) is 10.7. The van der Waals surface area contributed by atoms with E-state index in [2.05, 4.69) is 5.32 Å². The van der Waals surface area contributed by atoms with Crippen molar-refractivity contribution >= 4 is 44.8 Å². The maximum absolute atomic E-state index is 13.0. The van der Waals surface area contributed by atoms with Crippen molar-refractivity contribution in [3.63, 3.8) is 0 Å². The smallest absolute Gasteiger partial charge is 0.250 e. The molecule has 0 saturated heterocycles. The van der Waals surface area contributed by atoms with Crippen molar-refractivity contribution in [1.29, 1.82) is 0 Å². The normalized spacial score (nSPS) is 12.3. The quantitative estimate of drug-likeness (QED) is 0.713. The van der Waals surface area contributed by atoms with Gasteiger partial charge in [0, 0.05) is 5.02 Å². The van der Waals surface area contributed by atoms with Gasteiger partial charge in [0.25, 0.3) is 5.91 Å². The van der Waals surface area contributed by atoms with E-state index in [0.29, 0.717) is 16.3 Å². The molecule has 3 N–H and O–H groups in total. The fraction of sp³-hybridized carbons (Fsp3) is 0.263. The molecule has 0 aliphatic heterocycles. The van der Waals surface area contributed by atoms with Crippen LogP contribution in [0.15, 0.2) is 42.5 Å². The molecule has 28 heavy (non-hydrogen) atoms. The molecule has 0 saturated carbocycles. The molecule has 0 aliphatic carbocycles. The Labute approximate surface area is 169 Å². The predicted octanol–water partition coefficient (Wildman–Crippen LogP) is 2.93. The number of hydrogen-bond acceptors (Lipinski definition) is 4. The van der Waals surface area contributed by atoms with E-state index in [1.54, 1.807) is 38.1 Å². The monoisotopic (exact) mass is 423 g/mol. The Morgan fingerprint density at radius 2 is 1.86 bits per heavy atom. The van der Waals surface area contributed by atoms with E-state index in [-0.39, 0.29) is 17.7 Å². The molecule has 9 heteroatoms. The second-order valence-electron chi connectivity index (χ2n) is 6.31. The number of hydrogen-bond donors (Lipinski definition) is 2. The molecule has 0 radical (unpaired) electrons. The first-order valence-electron chi connectivity index (χ1n) is 8.51. The van der Waals surface area contributed by atoms with Crippen LogP contribution < -0.4 is 15.4 Å². The fourth-order valence-corrected chi connectivity index (χ4v) is 4.31. The van der Waals surface area contributed by atoms with E-state index < -0.39 is 27.9 Å². The second kappa shape index (κ2) is 8.62. The minimum Gasteiger partial charge on any atom is -0.366 e. The number of carbonyl (C=O) groups excluding carboxylic acids is 2. The fourth-order valence-electron chi connectivity index (χ4n) is 2.88. The summed E-state index contributed by atoms with van der Waals surface area (Å²) in [7, 11) is -3.81. The predicted molar refractivity (Wildman–Crippen MR) is 111 cm³/mol. The Kier molecular flexibility index (Phi) is 6.69. The molecule has 0 aromatic heterocycles. The first-order chi connectivity index (χ1) is 13.1. The Balaban J connectivity index is 2.49. The highest BCUT2D eigenvalue weighted by Gasteiger charge is 2.33. The van der Waals surface area contributed by atoms with Crippen molar-refractivity contribution in [2.45, 2.75) is 26.3 Å². The van der Waals surface area contributed by atoms with Crippen molar-refractivity contribution < 1.29 is 18.0 Å². The molecule has 0 aliphatic rings. The number of primary amides is 1. The van der Waals surface area contributed by atoms with Gasteiger partial charge >= 0.3 is 0 Å². The average Bonchev–Trinajstić information content (AvgIpc) is 2.61. The molecule has 0 heterocycles. The number of aryl methyl sites for hydroxylation is 1. The maximum atomic E-state index is 13.0. The molecule has 2 aromatic carbocycles. The number of para-hydroxylation sites is 1. The Morgan fingerprint density at radius 1 is 1.21 bits per heavy atom. The summed E-state index contributed by atoms with van der Waals surface area (Å²) in [6, 6.07) is 10.0. The van der Waals surface area contributed by atoms with Gasteiger partial charge in [-0.05, 0) is 43.2 Å². The molecule has 7 nitrogen and oxygen atoms in total. The number of carbonyl (C=O) groups is 2. The van der Waals surface area contributed by atoms with Gasteiger partial charge in [0.1, 0.15) is 6.04 Å². The van der Waals surface area contributed by atoms with Crippen molar-refractivity contribution in [3.05, 3.63) is 58.6 Å². The molecule has 0 spiro atoms. The van der Waals surface area contributed by atoms with Crippen molar-refractivity contribution in [1.82, 2.24) is 0 Å². The molecule has 2 aromatic rings. The maximum Gasteiger partial charge on any atom is 0.250 e. The van der Waals surface area contributed by atoms with Crippen LogP contribution in [0.2, 0.25) is 5.02 Å². The summed E-state index contributed by atoms with van der Waals surface area (Å²) in [5.41, 5.74) is 6.67. The van der Waals surface area contributed by atoms with Gasteiger partial charge in [-0.1, -0.05) is 36.7 Å². The Hall–Kier alpha value is -2.58. The van der Waals surface area contributed by atoms with E-state index in [0.717, 1.165) is 10.6 Å². The summed E-state index contributed by atoms with van der Waals surface area (Å²) >= 11 is 6.05. The molecule has 1 atom stereocenters. The van der Waals surface area contributed by atoms with Gasteiger partial charge in [-0.3, -0.25) is 13.9 Å². The zero-order valence-electron chi connectivity index (χ0n) is 15.8. The zero-order valence-corrected chi connectivity index (χ0v) is 17.3. The topological polar surface area (TPSA) is 110 Å². The number of nitrogens with one attached hydrogen (secondary N) is 1. The minimum atomic E-state index is -3.81. The van der Waals surface area contributed by atoms with Crippen molar-refractivity contribution in [3.8, 4) is 0 Å².